The van der Waals surface area contributed by atoms with Gasteiger partial charge in [-0.25, -0.2) is 0 Å². The fraction of sp³-hybridized carbons (Fsp3) is 0.281. The molecule has 0 heterocycles. The second kappa shape index (κ2) is 13.4. The molecule has 1 unspecified atom stereocenters. The van der Waals surface area contributed by atoms with Gasteiger partial charge < -0.3 is 15.7 Å². The number of carboxylic acids is 1. The monoisotopic (exact) mass is 588 g/mol. The van der Waals surface area contributed by atoms with Crippen LogP contribution in [0.3, 0.4) is 0 Å². The quantitative estimate of drug-likeness (QED) is 0.240. The third-order valence-corrected chi connectivity index (χ3v) is 7.87. The van der Waals surface area contributed by atoms with Crippen LogP contribution in [-0.2, 0) is 16.0 Å². The number of allylic oxidation sites excluding steroid dienone is 2. The van der Waals surface area contributed by atoms with Gasteiger partial charge >= 0.3 is 5.97 Å². The summed E-state index contributed by atoms with van der Waals surface area (Å²) in [5.74, 6) is -1.83. The van der Waals surface area contributed by atoms with Crippen LogP contribution in [0.4, 0.5) is 5.69 Å². The summed E-state index contributed by atoms with van der Waals surface area (Å²) in [6.45, 7) is 2.07. The zero-order valence-electron chi connectivity index (χ0n) is 22.0. The van der Waals surface area contributed by atoms with Crippen molar-refractivity contribution >= 4 is 45.0 Å². The van der Waals surface area contributed by atoms with Crippen molar-refractivity contribution in [2.24, 2.45) is 0 Å². The molecule has 39 heavy (non-hydrogen) atoms. The predicted molar refractivity (Wildman–Crippen MR) is 158 cm³/mol. The first-order chi connectivity index (χ1) is 18.8. The molecule has 6 nitrogen and oxygen atoms in total. The summed E-state index contributed by atoms with van der Waals surface area (Å²) in [5, 5.41) is 14.5. The molecule has 202 valence electrons. The summed E-state index contributed by atoms with van der Waals surface area (Å²) in [6, 6.07) is 21.2. The van der Waals surface area contributed by atoms with Crippen molar-refractivity contribution in [3.8, 4) is 0 Å². The summed E-state index contributed by atoms with van der Waals surface area (Å²) < 4.78 is 0.930. The van der Waals surface area contributed by atoms with E-state index in [9.17, 15) is 14.4 Å². The largest absolute Gasteiger partial charge is 0.481 e. The van der Waals surface area contributed by atoms with Crippen molar-refractivity contribution in [3.63, 3.8) is 0 Å². The SMILES string of the molecule is Cc1ccc(NC(=O)C(Cc2ccc(C(=O)NCCC(=O)O)cc2)c2ccc(C3=CCCCC3)cc2)cc1Br. The fourth-order valence-corrected chi connectivity index (χ4v) is 5.08. The van der Waals surface area contributed by atoms with Crippen LogP contribution in [0.15, 0.2) is 77.3 Å². The Morgan fingerprint density at radius 2 is 1.72 bits per heavy atom. The zero-order chi connectivity index (χ0) is 27.8. The third-order valence-electron chi connectivity index (χ3n) is 7.01. The van der Waals surface area contributed by atoms with E-state index in [0.717, 1.165) is 39.7 Å². The number of aryl methyl sites for hydroxylation is 1. The molecule has 1 atom stereocenters. The highest BCUT2D eigenvalue weighted by molar-refractivity contribution is 9.10. The van der Waals surface area contributed by atoms with Crippen LogP contribution in [0.25, 0.3) is 5.57 Å². The number of amides is 2. The van der Waals surface area contributed by atoms with Gasteiger partial charge in [-0.2, -0.15) is 0 Å². The van der Waals surface area contributed by atoms with Crippen molar-refractivity contribution in [2.45, 2.75) is 51.4 Å². The van der Waals surface area contributed by atoms with Crippen LogP contribution in [0.2, 0.25) is 0 Å². The standard InChI is InChI=1S/C32H33BrN2O4/c1-21-7-16-27(20-29(21)33)35-32(39)28(25-14-12-24(13-15-25)23-5-3-2-4-6-23)19-22-8-10-26(11-9-22)31(38)34-18-17-30(36)37/h5,7-16,20,28H,2-4,6,17-19H2,1H3,(H,34,38)(H,35,39)(H,36,37). The van der Waals surface area contributed by atoms with Gasteiger partial charge in [0.05, 0.1) is 12.3 Å². The van der Waals surface area contributed by atoms with Crippen LogP contribution < -0.4 is 10.6 Å². The Kier molecular flexibility index (Phi) is 9.71. The maximum atomic E-state index is 13.6. The van der Waals surface area contributed by atoms with Gasteiger partial charge in [0, 0.05) is 22.3 Å². The molecular formula is C32H33BrN2O4. The van der Waals surface area contributed by atoms with Gasteiger partial charge in [-0.1, -0.05) is 64.5 Å². The topological polar surface area (TPSA) is 95.5 Å². The molecule has 0 saturated carbocycles. The molecule has 1 aliphatic rings. The third kappa shape index (κ3) is 7.90. The molecule has 0 fully saturated rings. The Bertz CT molecular complexity index is 1360. The minimum absolute atomic E-state index is 0.0696. The molecule has 3 N–H and O–H groups in total. The van der Waals surface area contributed by atoms with Gasteiger partial charge in [-0.15, -0.1) is 0 Å². The van der Waals surface area contributed by atoms with Crippen LogP contribution in [0.1, 0.15) is 70.6 Å². The van der Waals surface area contributed by atoms with E-state index >= 15 is 0 Å². The average molecular weight is 590 g/mol. The van der Waals surface area contributed by atoms with Crippen LogP contribution in [0.5, 0.6) is 0 Å². The Hall–Kier alpha value is -3.71. The molecule has 0 saturated heterocycles. The van der Waals surface area contributed by atoms with Gasteiger partial charge in [0.15, 0.2) is 0 Å². The van der Waals surface area contributed by atoms with Crippen LogP contribution in [-0.4, -0.2) is 29.4 Å². The second-order valence-corrected chi connectivity index (χ2v) is 10.8. The molecule has 3 aromatic rings. The minimum Gasteiger partial charge on any atom is -0.481 e. The molecule has 2 amide bonds. The molecule has 3 aromatic carbocycles. The lowest BCUT2D eigenvalue weighted by Crippen LogP contribution is -2.26. The van der Waals surface area contributed by atoms with Crippen molar-refractivity contribution in [3.05, 3.63) is 105 Å². The number of nitrogens with one attached hydrogen (secondary N) is 2. The van der Waals surface area contributed by atoms with Crippen LogP contribution in [0, 0.1) is 6.92 Å². The highest BCUT2D eigenvalue weighted by Crippen LogP contribution is 2.30. The number of rotatable bonds is 10. The molecule has 0 aromatic heterocycles. The van der Waals surface area contributed by atoms with Gasteiger partial charge in [-0.05, 0) is 91.1 Å². The highest BCUT2D eigenvalue weighted by Gasteiger charge is 2.22. The molecule has 0 spiro atoms. The summed E-state index contributed by atoms with van der Waals surface area (Å²) >= 11 is 3.54. The van der Waals surface area contributed by atoms with Gasteiger partial charge in [0.1, 0.15) is 0 Å². The number of anilines is 1. The van der Waals surface area contributed by atoms with Gasteiger partial charge in [0.2, 0.25) is 5.91 Å². The first-order valence-corrected chi connectivity index (χ1v) is 14.0. The fourth-order valence-electron chi connectivity index (χ4n) is 4.70. The number of halogens is 1. The van der Waals surface area contributed by atoms with Gasteiger partial charge in [-0.3, -0.25) is 14.4 Å². The van der Waals surface area contributed by atoms with Gasteiger partial charge in [0.25, 0.3) is 5.91 Å². The molecule has 4 rings (SSSR count). The van der Waals surface area contributed by atoms with E-state index in [0.29, 0.717) is 12.0 Å². The van der Waals surface area contributed by atoms with E-state index in [1.807, 2.05) is 49.4 Å². The van der Waals surface area contributed by atoms with E-state index in [4.69, 9.17) is 5.11 Å². The molecule has 0 bridgehead atoms. The maximum Gasteiger partial charge on any atom is 0.305 e. The number of carboxylic acid groups (broad SMARTS) is 1. The Morgan fingerprint density at radius 3 is 2.36 bits per heavy atom. The lowest BCUT2D eigenvalue weighted by molar-refractivity contribution is -0.136. The lowest BCUT2D eigenvalue weighted by atomic mass is 9.88. The maximum absolute atomic E-state index is 13.6. The smallest absolute Gasteiger partial charge is 0.305 e. The number of carbonyl (C=O) groups excluding carboxylic acids is 2. The van der Waals surface area contributed by atoms with E-state index in [2.05, 4.69) is 44.8 Å². The summed E-state index contributed by atoms with van der Waals surface area (Å²) in [7, 11) is 0. The Morgan fingerprint density at radius 1 is 0.974 bits per heavy atom. The predicted octanol–water partition coefficient (Wildman–Crippen LogP) is 6.88. The van der Waals surface area contributed by atoms with Crippen molar-refractivity contribution in [1.29, 1.82) is 0 Å². The number of hydrogen-bond donors (Lipinski definition) is 3. The van der Waals surface area contributed by atoms with E-state index in [-0.39, 0.29) is 24.8 Å². The van der Waals surface area contributed by atoms with Crippen molar-refractivity contribution in [2.75, 3.05) is 11.9 Å². The van der Waals surface area contributed by atoms with Crippen molar-refractivity contribution in [1.82, 2.24) is 5.32 Å². The highest BCUT2D eigenvalue weighted by atomic mass is 79.9. The summed E-state index contributed by atoms with van der Waals surface area (Å²) in [6.07, 6.45) is 7.29. The number of aliphatic carboxylic acids is 1. The van der Waals surface area contributed by atoms with E-state index in [1.54, 1.807) is 12.1 Å². The van der Waals surface area contributed by atoms with Crippen LogP contribution >= 0.6 is 15.9 Å². The number of carbonyl (C=O) groups is 3. The lowest BCUT2D eigenvalue weighted by Gasteiger charge is -2.19. The summed E-state index contributed by atoms with van der Waals surface area (Å²) in [4.78, 5) is 36.6. The second-order valence-electron chi connectivity index (χ2n) is 9.90. The molecule has 0 aliphatic heterocycles. The van der Waals surface area contributed by atoms with E-state index < -0.39 is 11.9 Å². The Balaban J connectivity index is 1.54. The Labute approximate surface area is 237 Å². The molecular weight excluding hydrogens is 556 g/mol. The summed E-state index contributed by atoms with van der Waals surface area (Å²) in [5.41, 5.74) is 6.67. The first kappa shape index (κ1) is 28.3. The number of benzene rings is 3. The number of hydrogen-bond acceptors (Lipinski definition) is 3. The van der Waals surface area contributed by atoms with E-state index in [1.165, 1.54) is 24.0 Å². The molecule has 0 radical (unpaired) electrons. The zero-order valence-corrected chi connectivity index (χ0v) is 23.6. The first-order valence-electron chi connectivity index (χ1n) is 13.3. The van der Waals surface area contributed by atoms with Crippen molar-refractivity contribution < 1.29 is 19.5 Å². The normalized spacial score (nSPS) is 13.7. The average Bonchev–Trinajstić information content (AvgIpc) is 2.94. The molecule has 1 aliphatic carbocycles. The molecule has 7 heteroatoms. The minimum atomic E-state index is -0.962.